The summed E-state index contributed by atoms with van der Waals surface area (Å²) >= 11 is 0. The smallest absolute Gasteiger partial charge is 0.304 e. The molecule has 0 radical (unpaired) electrons. The summed E-state index contributed by atoms with van der Waals surface area (Å²) in [5, 5.41) is 5.59. The van der Waals surface area contributed by atoms with Gasteiger partial charge in [-0.2, -0.15) is 18.3 Å². The Morgan fingerprint density at radius 3 is 2.21 bits per heavy atom. The Labute approximate surface area is 242 Å². The summed E-state index contributed by atoms with van der Waals surface area (Å²) < 4.78 is 69.9. The van der Waals surface area contributed by atoms with Gasteiger partial charge in [0.15, 0.2) is 13.2 Å². The van der Waals surface area contributed by atoms with Crippen molar-refractivity contribution in [2.75, 3.05) is 13.1 Å². The van der Waals surface area contributed by atoms with Gasteiger partial charge >= 0.3 is 6.18 Å². The Morgan fingerprint density at radius 2 is 1.57 bits per heavy atom. The molecule has 6 nitrogen and oxygen atoms in total. The number of rotatable bonds is 7. The lowest BCUT2D eigenvalue weighted by atomic mass is 10.2. The first-order valence-corrected chi connectivity index (χ1v) is 15.7. The van der Waals surface area contributed by atoms with Gasteiger partial charge in [-0.25, -0.2) is 18.8 Å². The molecule has 2 heterocycles. The van der Waals surface area contributed by atoms with Crippen LogP contribution in [0.15, 0.2) is 88.6 Å². The van der Waals surface area contributed by atoms with Crippen molar-refractivity contribution < 1.29 is 17.6 Å². The molecule has 1 saturated carbocycles. The number of nitrogens with zero attached hydrogens (tertiary/aromatic N) is 6. The zero-order chi connectivity index (χ0) is 29.6. The molecule has 4 aromatic rings. The highest BCUT2D eigenvalue weighted by Crippen LogP contribution is 2.65. The number of aliphatic imine (C=N–C) groups is 1. The normalized spacial score (nSPS) is 18.7. The van der Waals surface area contributed by atoms with Crippen molar-refractivity contribution in [3.8, 4) is 5.69 Å². The molecule has 0 amide bonds. The van der Waals surface area contributed by atoms with Gasteiger partial charge in [0.1, 0.15) is 11.7 Å². The molecule has 1 aromatic heterocycles. The minimum absolute atomic E-state index is 0.0632. The van der Waals surface area contributed by atoms with Crippen LogP contribution in [-0.2, 0) is 6.18 Å². The fraction of sp³-hybridized carbons (Fsp3) is 0.290. The van der Waals surface area contributed by atoms with E-state index in [4.69, 9.17) is 14.8 Å². The van der Waals surface area contributed by atoms with E-state index in [9.17, 15) is 13.2 Å². The average Bonchev–Trinajstić information content (AvgIpc) is 3.75. The van der Waals surface area contributed by atoms with Gasteiger partial charge in [-0.15, -0.1) is 0 Å². The molecule has 2 aliphatic rings. The fourth-order valence-corrected chi connectivity index (χ4v) is 10.0. The van der Waals surface area contributed by atoms with Crippen molar-refractivity contribution in [1.82, 2.24) is 19.1 Å². The molecule has 0 N–H and O–H groups in total. The zero-order valence-corrected chi connectivity index (χ0v) is 24.4. The SMILES string of the molecule is CCN(CC)[P@@]1(=Nc2ccccc2C(F)(F)F)c2c(C)nn(-c3ccccc3)c2N=C(c2ccccc2F)N1C1CC1. The summed E-state index contributed by atoms with van der Waals surface area (Å²) in [6.45, 7) is 6.83. The summed E-state index contributed by atoms with van der Waals surface area (Å²) in [7, 11) is -3.28. The summed E-state index contributed by atoms with van der Waals surface area (Å²) in [5.74, 6) is 0.372. The van der Waals surface area contributed by atoms with Crippen molar-refractivity contribution in [3.05, 3.63) is 102 Å². The fourth-order valence-electron chi connectivity index (χ4n) is 5.65. The van der Waals surface area contributed by atoms with Gasteiger partial charge in [0, 0.05) is 19.1 Å². The zero-order valence-electron chi connectivity index (χ0n) is 23.6. The van der Waals surface area contributed by atoms with E-state index in [2.05, 4.69) is 9.34 Å². The Morgan fingerprint density at radius 1 is 0.929 bits per heavy atom. The van der Waals surface area contributed by atoms with Crippen LogP contribution in [0.5, 0.6) is 0 Å². The van der Waals surface area contributed by atoms with Crippen molar-refractivity contribution in [3.63, 3.8) is 0 Å². The number of hydrogen-bond acceptors (Lipinski definition) is 3. The number of aryl methyl sites for hydroxylation is 1. The molecule has 0 saturated heterocycles. The molecule has 1 aliphatic carbocycles. The minimum atomic E-state index is -4.61. The van der Waals surface area contributed by atoms with Crippen LogP contribution >= 0.6 is 7.36 Å². The highest BCUT2D eigenvalue weighted by Gasteiger charge is 2.51. The van der Waals surface area contributed by atoms with Crippen molar-refractivity contribution in [1.29, 1.82) is 0 Å². The number of fused-ring (bicyclic) bond motifs is 1. The number of halogens is 4. The van der Waals surface area contributed by atoms with Gasteiger partial charge in [0.05, 0.1) is 33.5 Å². The molecular weight excluding hydrogens is 563 g/mol. The third-order valence-electron chi connectivity index (χ3n) is 7.62. The second-order valence-corrected chi connectivity index (χ2v) is 13.1. The molecule has 3 aromatic carbocycles. The molecule has 0 bridgehead atoms. The highest BCUT2D eigenvalue weighted by atomic mass is 31.2. The summed E-state index contributed by atoms with van der Waals surface area (Å²) in [4.78, 5) is 5.10. The number of amidine groups is 1. The average molecular weight is 595 g/mol. The van der Waals surface area contributed by atoms with E-state index in [1.54, 1.807) is 28.9 Å². The molecule has 1 aliphatic heterocycles. The van der Waals surface area contributed by atoms with E-state index >= 15 is 4.39 Å². The molecule has 6 rings (SSSR count). The lowest BCUT2D eigenvalue weighted by molar-refractivity contribution is -0.137. The monoisotopic (exact) mass is 594 g/mol. The molecule has 0 spiro atoms. The standard InChI is InChI=1S/C31H31F4N6P/c1-4-39(5-2)42(38-27-18-12-10-16-25(27)31(33,34)35)28-21(3)37-40(22-13-7-6-8-14-22)30(28)36-29(41(42)23-19-20-23)24-15-9-11-17-26(24)32/h6-18,23H,4-5,19-20H2,1-3H3/t42-/m0/s1. The van der Waals surface area contributed by atoms with Crippen LogP contribution in [-0.4, -0.2) is 44.1 Å². The van der Waals surface area contributed by atoms with Gasteiger partial charge in [-0.3, -0.25) is 4.67 Å². The maximum Gasteiger partial charge on any atom is 0.418 e. The Kier molecular flexibility index (Phi) is 7.31. The van der Waals surface area contributed by atoms with Crippen LogP contribution in [0, 0.1) is 12.7 Å². The highest BCUT2D eigenvalue weighted by molar-refractivity contribution is 7.70. The lowest BCUT2D eigenvalue weighted by Gasteiger charge is -2.47. The van der Waals surface area contributed by atoms with Crippen LogP contribution in [0.25, 0.3) is 5.69 Å². The van der Waals surface area contributed by atoms with E-state index in [0.29, 0.717) is 35.7 Å². The second kappa shape index (κ2) is 10.8. The Hall–Kier alpha value is -3.75. The van der Waals surface area contributed by atoms with E-state index < -0.39 is 24.9 Å². The van der Waals surface area contributed by atoms with Crippen LogP contribution < -0.4 is 5.30 Å². The topological polar surface area (TPSA) is 49.0 Å². The largest absolute Gasteiger partial charge is 0.418 e. The summed E-state index contributed by atoms with van der Waals surface area (Å²) in [6.07, 6.45) is -3.01. The number of hydrogen-bond donors (Lipinski definition) is 0. The first-order chi connectivity index (χ1) is 20.2. The van der Waals surface area contributed by atoms with Gasteiger partial charge in [0.2, 0.25) is 0 Å². The van der Waals surface area contributed by atoms with Crippen LogP contribution in [0.4, 0.5) is 29.1 Å². The van der Waals surface area contributed by atoms with E-state index in [1.807, 2.05) is 51.1 Å². The quantitative estimate of drug-likeness (QED) is 0.160. The van der Waals surface area contributed by atoms with Crippen LogP contribution in [0.3, 0.4) is 0 Å². The summed E-state index contributed by atoms with van der Waals surface area (Å²) in [5.41, 5.74) is 0.695. The van der Waals surface area contributed by atoms with E-state index in [-0.39, 0.29) is 17.3 Å². The first-order valence-electron chi connectivity index (χ1n) is 14.0. The maximum atomic E-state index is 15.6. The molecule has 1 fully saturated rings. The third kappa shape index (κ3) is 4.67. The number of para-hydroxylation sites is 1. The minimum Gasteiger partial charge on any atom is -0.304 e. The first kappa shape index (κ1) is 28.4. The van der Waals surface area contributed by atoms with Crippen molar-refractivity contribution >= 4 is 30.0 Å². The molecule has 0 unspecified atom stereocenters. The number of alkyl halides is 3. The molecule has 11 heteroatoms. The predicted octanol–water partition coefficient (Wildman–Crippen LogP) is 8.22. The van der Waals surface area contributed by atoms with Crippen LogP contribution in [0.1, 0.15) is 43.5 Å². The van der Waals surface area contributed by atoms with Gasteiger partial charge in [-0.05, 0) is 56.2 Å². The maximum absolute atomic E-state index is 15.6. The lowest BCUT2D eigenvalue weighted by Crippen LogP contribution is -2.45. The third-order valence-corrected chi connectivity index (χ3v) is 11.7. The van der Waals surface area contributed by atoms with Gasteiger partial charge < -0.3 is 4.67 Å². The molecule has 218 valence electrons. The van der Waals surface area contributed by atoms with Crippen LogP contribution in [0.2, 0.25) is 0 Å². The molecule has 42 heavy (non-hydrogen) atoms. The summed E-state index contributed by atoms with van der Waals surface area (Å²) in [6, 6.07) is 21.2. The van der Waals surface area contributed by atoms with Crippen molar-refractivity contribution in [2.45, 2.75) is 45.8 Å². The Bertz CT molecular complexity index is 1700. The molecule has 1 atom stereocenters. The molecular formula is C31H31F4N6P. The van der Waals surface area contributed by atoms with Crippen molar-refractivity contribution in [2.24, 2.45) is 9.74 Å². The number of benzene rings is 3. The van der Waals surface area contributed by atoms with Gasteiger partial charge in [-0.1, -0.05) is 56.3 Å². The van der Waals surface area contributed by atoms with Gasteiger partial charge in [0.25, 0.3) is 0 Å². The predicted molar refractivity (Wildman–Crippen MR) is 159 cm³/mol. The Balaban J connectivity index is 1.80. The number of aromatic nitrogens is 2. The van der Waals surface area contributed by atoms with E-state index in [0.717, 1.165) is 24.6 Å². The second-order valence-electron chi connectivity index (χ2n) is 10.3. The van der Waals surface area contributed by atoms with E-state index in [1.165, 1.54) is 18.2 Å².